The minimum Gasteiger partial charge on any atom is -0.409 e. The van der Waals surface area contributed by atoms with Crippen LogP contribution in [0.25, 0.3) is 0 Å². The van der Waals surface area contributed by atoms with Crippen molar-refractivity contribution >= 4 is 11.9 Å². The predicted octanol–water partition coefficient (Wildman–Crippen LogP) is 0.566. The first kappa shape index (κ1) is 27.2. The average Bonchev–Trinajstić information content (AvgIpc) is 3.37. The van der Waals surface area contributed by atoms with Crippen LogP contribution in [0.15, 0.2) is 33.9 Å². The van der Waals surface area contributed by atoms with Gasteiger partial charge in [0.25, 0.3) is 0 Å². The highest BCUT2D eigenvalue weighted by Gasteiger charge is 2.42. The summed E-state index contributed by atoms with van der Waals surface area (Å²) >= 11 is 0. The number of esters is 2. The Bertz CT molecular complexity index is 1330. The Morgan fingerprint density at radius 3 is 2.28 bits per heavy atom. The summed E-state index contributed by atoms with van der Waals surface area (Å²) in [7, 11) is 0. The Morgan fingerprint density at radius 1 is 1.03 bits per heavy atom. The van der Waals surface area contributed by atoms with Gasteiger partial charge in [-0.15, -0.1) is 0 Å². The monoisotopic (exact) mass is 546 g/mol. The molecule has 5 rings (SSSR count). The predicted molar refractivity (Wildman–Crippen MR) is 132 cm³/mol. The molecule has 39 heavy (non-hydrogen) atoms. The molecule has 2 aromatic rings. The van der Waals surface area contributed by atoms with E-state index in [9.17, 15) is 28.7 Å². The van der Waals surface area contributed by atoms with Crippen molar-refractivity contribution in [2.45, 2.75) is 89.6 Å². The minimum absolute atomic E-state index is 0.0264. The van der Waals surface area contributed by atoms with Gasteiger partial charge < -0.3 is 19.3 Å². The maximum Gasteiger partial charge on any atom is 0.421 e. The number of nitrogens with zero attached hydrogens (tertiary/aromatic N) is 4. The molecule has 12 nitrogen and oxygen atoms in total. The normalized spacial score (nSPS) is 24.1. The number of fused-ring (bicyclic) bond motifs is 2. The molecule has 3 aliphatic rings. The second-order valence-corrected chi connectivity index (χ2v) is 10.1. The highest BCUT2D eigenvalue weighted by Crippen LogP contribution is 2.37. The number of rotatable bonds is 10. The van der Waals surface area contributed by atoms with Crippen molar-refractivity contribution in [2.24, 2.45) is 0 Å². The Balaban J connectivity index is 1.22. The van der Waals surface area contributed by atoms with Crippen molar-refractivity contribution in [3.05, 3.63) is 62.2 Å². The van der Waals surface area contributed by atoms with Crippen molar-refractivity contribution in [1.82, 2.24) is 19.0 Å². The van der Waals surface area contributed by atoms with E-state index in [1.807, 2.05) is 12.1 Å². The molecular weight excluding hydrogens is 515 g/mol. The van der Waals surface area contributed by atoms with Crippen molar-refractivity contribution in [1.29, 1.82) is 0 Å². The summed E-state index contributed by atoms with van der Waals surface area (Å²) in [6, 6.07) is 7.69. The molecule has 1 N–H and O–H groups in total. The number of aliphatic hydroxyl groups is 1. The lowest BCUT2D eigenvalue weighted by atomic mass is 9.99. The molecule has 3 saturated heterocycles. The first-order valence-corrected chi connectivity index (χ1v) is 13.1. The number of aliphatic hydroxyl groups excluding tert-OH is 1. The Morgan fingerprint density at radius 2 is 1.67 bits per heavy atom. The number of benzene rings is 1. The van der Waals surface area contributed by atoms with Crippen LogP contribution in [0.3, 0.4) is 0 Å². The quantitative estimate of drug-likeness (QED) is 0.332. The van der Waals surface area contributed by atoms with Crippen LogP contribution in [0.1, 0.15) is 55.8 Å². The van der Waals surface area contributed by atoms with Gasteiger partial charge in [-0.05, 0) is 43.7 Å². The smallest absolute Gasteiger partial charge is 0.409 e. The molecule has 3 aliphatic heterocycles. The summed E-state index contributed by atoms with van der Waals surface area (Å²) in [5, 5.41) is 10.9. The lowest BCUT2D eigenvalue weighted by molar-refractivity contribution is -0.150. The van der Waals surface area contributed by atoms with Gasteiger partial charge in [0, 0.05) is 25.2 Å². The van der Waals surface area contributed by atoms with Crippen LogP contribution in [0, 0.1) is 0 Å². The SMILES string of the molecule is CCn1c(C2OC(=O)C(=O)O2)nc(=O)n(C[C@H](O)CN2[C@@H]3CC[C@@H]2CC(OCc2ccccc2CF)C3)c1=O. The van der Waals surface area contributed by atoms with Crippen LogP contribution in [0.2, 0.25) is 0 Å². The van der Waals surface area contributed by atoms with Gasteiger partial charge in [0.1, 0.15) is 6.67 Å². The summed E-state index contributed by atoms with van der Waals surface area (Å²) < 4.78 is 30.8. The van der Waals surface area contributed by atoms with E-state index in [-0.39, 0.29) is 43.6 Å². The minimum atomic E-state index is -1.57. The molecule has 0 saturated carbocycles. The molecule has 3 atom stereocenters. The number of hydrogen-bond donors (Lipinski definition) is 1. The molecule has 0 spiro atoms. The number of ether oxygens (including phenoxy) is 3. The standard InChI is InChI=1S/C26H31FN4O8/c1-2-29-21(24-38-22(33)23(34)39-24)28-25(35)31(26(29)36)13-19(32)12-30-17-7-8-18(30)10-20(9-17)37-14-16-6-4-3-5-15(16)11-27/h3-6,17-20,24,32H,2,7-14H2,1H3/t17-,18-,19-/m1/s1. The van der Waals surface area contributed by atoms with Crippen molar-refractivity contribution < 1.29 is 33.3 Å². The van der Waals surface area contributed by atoms with Gasteiger partial charge in [-0.25, -0.2) is 28.1 Å². The van der Waals surface area contributed by atoms with Crippen LogP contribution < -0.4 is 11.4 Å². The fourth-order valence-corrected chi connectivity index (χ4v) is 5.80. The first-order chi connectivity index (χ1) is 18.8. The van der Waals surface area contributed by atoms with Crippen molar-refractivity contribution in [2.75, 3.05) is 6.54 Å². The molecule has 4 heterocycles. The highest BCUT2D eigenvalue weighted by molar-refractivity contribution is 6.30. The molecule has 2 bridgehead atoms. The second kappa shape index (κ2) is 11.4. The van der Waals surface area contributed by atoms with Gasteiger partial charge in [-0.3, -0.25) is 9.47 Å². The van der Waals surface area contributed by atoms with Crippen LogP contribution >= 0.6 is 0 Å². The van der Waals surface area contributed by atoms with E-state index in [0.717, 1.165) is 40.4 Å². The molecule has 0 radical (unpaired) electrons. The van der Waals surface area contributed by atoms with Gasteiger partial charge in [0.15, 0.2) is 0 Å². The maximum atomic E-state index is 13.3. The molecule has 13 heteroatoms. The molecule has 3 fully saturated rings. The van der Waals surface area contributed by atoms with E-state index in [0.29, 0.717) is 12.2 Å². The zero-order chi connectivity index (χ0) is 27.7. The van der Waals surface area contributed by atoms with Crippen molar-refractivity contribution in [3.8, 4) is 0 Å². The number of hydrogen-bond acceptors (Lipinski definition) is 10. The zero-order valence-corrected chi connectivity index (χ0v) is 21.5. The van der Waals surface area contributed by atoms with E-state index in [1.165, 1.54) is 0 Å². The summed E-state index contributed by atoms with van der Waals surface area (Å²) in [6.45, 7) is 1.50. The molecular formula is C26H31FN4O8. The van der Waals surface area contributed by atoms with Crippen LogP contribution in [0.4, 0.5) is 4.39 Å². The first-order valence-electron chi connectivity index (χ1n) is 13.1. The number of piperidine rings is 1. The second-order valence-electron chi connectivity index (χ2n) is 10.1. The molecule has 1 aromatic heterocycles. The molecule has 0 aliphatic carbocycles. The van der Waals surface area contributed by atoms with E-state index in [4.69, 9.17) is 14.2 Å². The summed E-state index contributed by atoms with van der Waals surface area (Å²) in [5.74, 6) is -2.75. The number of alkyl halides is 1. The van der Waals surface area contributed by atoms with Crippen LogP contribution in [-0.4, -0.2) is 66.9 Å². The molecule has 0 unspecified atom stereocenters. The van der Waals surface area contributed by atoms with Gasteiger partial charge in [0.05, 0.1) is 25.4 Å². The van der Waals surface area contributed by atoms with E-state index in [1.54, 1.807) is 19.1 Å². The van der Waals surface area contributed by atoms with Crippen molar-refractivity contribution in [3.63, 3.8) is 0 Å². The number of cyclic esters (lactones) is 2. The van der Waals surface area contributed by atoms with Gasteiger partial charge >= 0.3 is 29.6 Å². The molecule has 0 amide bonds. The van der Waals surface area contributed by atoms with Crippen LogP contribution in [-0.2, 0) is 50.2 Å². The lowest BCUT2D eigenvalue weighted by Crippen LogP contribution is -2.51. The van der Waals surface area contributed by atoms with E-state index in [2.05, 4.69) is 9.88 Å². The topological polar surface area (TPSA) is 142 Å². The maximum absolute atomic E-state index is 13.3. The van der Waals surface area contributed by atoms with E-state index < -0.39 is 42.4 Å². The number of aromatic nitrogens is 3. The zero-order valence-electron chi connectivity index (χ0n) is 21.5. The number of carbonyl (C=O) groups excluding carboxylic acids is 2. The fourth-order valence-electron chi connectivity index (χ4n) is 5.80. The third kappa shape index (κ3) is 5.52. The largest absolute Gasteiger partial charge is 0.421 e. The third-order valence-corrected chi connectivity index (χ3v) is 7.69. The Kier molecular flexibility index (Phi) is 7.91. The van der Waals surface area contributed by atoms with Crippen LogP contribution in [0.5, 0.6) is 0 Å². The summed E-state index contributed by atoms with van der Waals surface area (Å²) in [6.07, 6.45) is 0.893. The Hall–Kier alpha value is -3.42. The third-order valence-electron chi connectivity index (χ3n) is 7.69. The highest BCUT2D eigenvalue weighted by atomic mass is 19.1. The van der Waals surface area contributed by atoms with Gasteiger partial charge in [0.2, 0.25) is 5.82 Å². The lowest BCUT2D eigenvalue weighted by Gasteiger charge is -2.39. The van der Waals surface area contributed by atoms with Gasteiger partial charge in [-0.2, -0.15) is 4.98 Å². The fraction of sp³-hybridized carbons (Fsp3) is 0.577. The number of carbonyl (C=O) groups is 2. The van der Waals surface area contributed by atoms with Gasteiger partial charge in [-0.1, -0.05) is 24.3 Å². The average molecular weight is 547 g/mol. The Labute approximate surface area is 222 Å². The number of halogens is 1. The molecule has 1 aromatic carbocycles. The molecule has 210 valence electrons. The summed E-state index contributed by atoms with van der Waals surface area (Å²) in [4.78, 5) is 54.5. The van der Waals surface area contributed by atoms with E-state index >= 15 is 0 Å². The summed E-state index contributed by atoms with van der Waals surface area (Å²) in [5.41, 5.74) is -0.223.